The first-order chi connectivity index (χ1) is 57.3. The minimum absolute atomic E-state index is 0.000974. The first-order valence-corrected chi connectivity index (χ1v) is 45.6. The molecule has 10 unspecified atom stereocenters. The maximum absolute atomic E-state index is 14.8. The standard InChI is InChI=1S/C78H107N12O27P3S/c1-6-19-48-38-50-39-51-40-57(80-7-2)47(4)37-55(51)70(54(50)36-46(48)3)52-21-10-11-22-53(52)75(102)87(5)31-18-27-66(94)88-32-17-25-61(88)76(103)89-33-16-24-60(89)74(101)84-56(72(99)82-29-13-8-9-26-65(93)83-58(41-68(95)96)73(100)85-59(77(104)105)42-69(97)98)23-12-14-34-121-35-28-64(92)81-30-15-20-49-44-90(78(106)86-71(49)79)67-43-62(91)63(115-67)45-114-119(110,111)117-120(112,113)116-118(107,108)109/h10-11,21-22,36-38,40,44,55-56,58-63,67,70,91H,6-9,12-14,16-19,23-35,39,41-43,45H2,1-5H3,(H,81,92)(H,82,99)(H,83,93)(H,84,101)(H,85,100)(H,95,96)(H,97,98)(H,104,105)(H,110,111)(H,112,113)(H2,79,86,106)(H2,107,108,109)/b80-57+/t55?,56?,58?,59?,60?,61?,62?,63-,67-,70?/m1/s1. The lowest BCUT2D eigenvalue weighted by molar-refractivity contribution is -0.148. The van der Waals surface area contributed by atoms with Crippen LogP contribution in [0.25, 0.3) is 0 Å². The van der Waals surface area contributed by atoms with E-state index < -0.39 is 145 Å². The summed E-state index contributed by atoms with van der Waals surface area (Å²) in [7, 11) is -15.4. The number of phosphoric ester groups is 1. The van der Waals surface area contributed by atoms with Crippen LogP contribution < -0.4 is 38.0 Å². The second-order valence-corrected chi connectivity index (χ2v) is 35.7. The minimum Gasteiger partial charge on any atom is -0.481 e. The number of unbranched alkanes of at least 4 members (excludes halogenated alkanes) is 3. The number of ether oxygens (including phenoxy) is 1. The van der Waals surface area contributed by atoms with Gasteiger partial charge in [0.25, 0.3) is 5.91 Å². The van der Waals surface area contributed by atoms with Gasteiger partial charge in [0.1, 0.15) is 48.4 Å². The Bertz CT molecular complexity index is 4720. The van der Waals surface area contributed by atoms with E-state index in [0.29, 0.717) is 81.5 Å². The molecule has 39 nitrogen and oxygen atoms in total. The topological polar surface area (TPSA) is 581 Å². The van der Waals surface area contributed by atoms with Gasteiger partial charge in [0.15, 0.2) is 0 Å². The number of amides is 8. The van der Waals surface area contributed by atoms with Gasteiger partial charge in [-0.15, -0.1) is 0 Å². The van der Waals surface area contributed by atoms with Crippen molar-refractivity contribution in [3.63, 3.8) is 0 Å². The van der Waals surface area contributed by atoms with E-state index in [-0.39, 0.29) is 112 Å². The maximum Gasteiger partial charge on any atom is 0.490 e. The van der Waals surface area contributed by atoms with Crippen molar-refractivity contribution < 1.29 is 124 Å². The summed E-state index contributed by atoms with van der Waals surface area (Å²) in [4.78, 5) is 208. The summed E-state index contributed by atoms with van der Waals surface area (Å²) < 4.78 is 53.3. The lowest BCUT2D eigenvalue weighted by atomic mass is 9.65. The molecular formula is C78H107N12O27P3S. The number of aliphatic imine (C=N–C) groups is 1. The molecule has 0 spiro atoms. The molecule has 0 saturated carbocycles. The van der Waals surface area contributed by atoms with Gasteiger partial charge >= 0.3 is 47.1 Å². The number of aromatic nitrogens is 2. The number of anilines is 1. The molecule has 8 amide bonds. The highest BCUT2D eigenvalue weighted by molar-refractivity contribution is 7.99. The quantitative estimate of drug-likeness (QED) is 0.0214. The van der Waals surface area contributed by atoms with Crippen molar-refractivity contribution in [1.82, 2.24) is 50.8 Å². The highest BCUT2D eigenvalue weighted by Crippen LogP contribution is 2.66. The van der Waals surface area contributed by atoms with Crippen molar-refractivity contribution in [1.29, 1.82) is 0 Å². The molecule has 1 aromatic heterocycles. The van der Waals surface area contributed by atoms with E-state index in [9.17, 15) is 96.3 Å². The number of carbonyl (C=O) groups excluding carboxylic acids is 8. The number of benzene rings is 2. The number of aliphatic carboxylic acids is 3. The summed E-state index contributed by atoms with van der Waals surface area (Å²) >= 11 is 1.43. The van der Waals surface area contributed by atoms with Crippen LogP contribution in [-0.2, 0) is 92.4 Å². The average Bonchev–Trinajstić information content (AvgIpc) is 1.27. The van der Waals surface area contributed by atoms with Gasteiger partial charge in [-0.3, -0.25) is 62.0 Å². The highest BCUT2D eigenvalue weighted by Gasteiger charge is 2.46. The second-order valence-electron chi connectivity index (χ2n) is 30.1. The van der Waals surface area contributed by atoms with Crippen LogP contribution in [0.3, 0.4) is 0 Å². The molecule has 5 aliphatic rings. The third-order valence-electron chi connectivity index (χ3n) is 21.0. The maximum atomic E-state index is 14.8. The molecule has 121 heavy (non-hydrogen) atoms. The van der Waals surface area contributed by atoms with Gasteiger partial charge in [-0.2, -0.15) is 25.4 Å². The number of nitrogen functional groups attached to an aromatic ring is 1. The summed E-state index contributed by atoms with van der Waals surface area (Å²) in [6, 6.07) is 5.82. The van der Waals surface area contributed by atoms with Gasteiger partial charge in [0.2, 0.25) is 41.4 Å². The number of carboxylic acid groups (broad SMARTS) is 3. The fourth-order valence-electron chi connectivity index (χ4n) is 15.2. The van der Waals surface area contributed by atoms with Crippen LogP contribution in [0.4, 0.5) is 5.82 Å². The van der Waals surface area contributed by atoms with Gasteiger partial charge < -0.3 is 91.8 Å². The molecule has 2 aliphatic carbocycles. The van der Waals surface area contributed by atoms with Crippen LogP contribution in [0.5, 0.6) is 0 Å². The predicted octanol–water partition coefficient (Wildman–Crippen LogP) is 4.19. The second kappa shape index (κ2) is 45.2. The van der Waals surface area contributed by atoms with E-state index in [1.165, 1.54) is 44.5 Å². The van der Waals surface area contributed by atoms with Gasteiger partial charge in [0.05, 0.1) is 43.4 Å². The Morgan fingerprint density at radius 3 is 2.20 bits per heavy atom. The average molecular weight is 1770 g/mol. The van der Waals surface area contributed by atoms with Crippen LogP contribution in [-0.4, -0.2) is 242 Å². The number of allylic oxidation sites excluding steroid dienone is 4. The number of carbonyl (C=O) groups is 11. The Balaban J connectivity index is 0.839. The summed E-state index contributed by atoms with van der Waals surface area (Å²) in [5.41, 5.74) is 14.7. The van der Waals surface area contributed by atoms with Crippen molar-refractivity contribution in [3.8, 4) is 11.8 Å². The molecule has 3 aromatic rings. The molecule has 662 valence electrons. The fraction of sp³-hybridized carbons (Fsp3) is 0.564. The van der Waals surface area contributed by atoms with Crippen LogP contribution in [0, 0.1) is 24.7 Å². The number of aryl methyl sites for hydroxylation is 2. The number of carboxylic acids is 3. The number of phosphoric acid groups is 3. The van der Waals surface area contributed by atoms with Crippen LogP contribution in [0.15, 0.2) is 75.7 Å². The van der Waals surface area contributed by atoms with E-state index in [2.05, 4.69) is 96.3 Å². The van der Waals surface area contributed by atoms with Crippen molar-refractivity contribution in [2.75, 3.05) is 70.2 Å². The number of hydrogen-bond acceptors (Lipinski definition) is 24. The van der Waals surface area contributed by atoms with Gasteiger partial charge in [-0.1, -0.05) is 80.0 Å². The third kappa shape index (κ3) is 28.6. The number of nitrogens with zero attached hydrogens (tertiary/aromatic N) is 6. The first kappa shape index (κ1) is 97.1. The molecular weight excluding hydrogens is 1660 g/mol. The number of aliphatic hydroxyl groups is 1. The zero-order chi connectivity index (χ0) is 88.6. The molecule has 4 heterocycles. The zero-order valence-corrected chi connectivity index (χ0v) is 71.3. The number of fused-ring (bicyclic) bond motifs is 2. The van der Waals surface area contributed by atoms with Crippen molar-refractivity contribution in [3.05, 3.63) is 115 Å². The largest absolute Gasteiger partial charge is 0.490 e. The first-order valence-electron chi connectivity index (χ1n) is 40.0. The molecule has 0 bridgehead atoms. The Morgan fingerprint density at radius 1 is 0.785 bits per heavy atom. The monoisotopic (exact) mass is 1770 g/mol. The van der Waals surface area contributed by atoms with E-state index in [1.54, 1.807) is 16.8 Å². The lowest BCUT2D eigenvalue weighted by Gasteiger charge is -2.38. The predicted molar refractivity (Wildman–Crippen MR) is 438 cm³/mol. The Kier molecular flexibility index (Phi) is 36.3. The summed E-state index contributed by atoms with van der Waals surface area (Å²) in [5.74, 6) is -3.32. The van der Waals surface area contributed by atoms with E-state index >= 15 is 0 Å². The summed E-state index contributed by atoms with van der Waals surface area (Å²) in [5, 5.41) is 51.0. The number of rotatable bonds is 44. The SMILES string of the molecule is CCCc1cc2c(cc1C)C(c1ccccc1C(=O)N(C)CCCC(=O)N1CCCC1C(=O)N1CCCC1C(=O)NC(CCCCSCCC(=O)NCC#Cc1cn([C@H]3CC(O)[C@@H](COP(=O)(O)OP(=O)(O)OP(=O)(O)O)O3)c(=O)nc1N)C(=O)NCCCCCC(=O)NC(CC(=O)O)C(=O)NC(CC(=O)O)C(=O)O)C1C=C(C)/C(=N/CC)C=C1C2. The van der Waals surface area contributed by atoms with E-state index in [0.717, 1.165) is 46.9 Å². The van der Waals surface area contributed by atoms with Gasteiger partial charge in [-0.05, 0) is 143 Å². The molecule has 15 N–H and O–H groups in total. The molecule has 0 radical (unpaired) electrons. The van der Waals surface area contributed by atoms with Crippen LogP contribution >= 0.6 is 35.2 Å². The Morgan fingerprint density at radius 2 is 1.50 bits per heavy atom. The highest BCUT2D eigenvalue weighted by atomic mass is 32.2. The molecule has 43 heteroatoms. The molecule has 12 atom stereocenters. The number of nitrogens with one attached hydrogen (secondary N) is 5. The minimum atomic E-state index is -5.84. The fourth-order valence-corrected chi connectivity index (χ4v) is 19.2. The van der Waals surface area contributed by atoms with Crippen molar-refractivity contribution >= 4 is 112 Å². The molecule has 3 fully saturated rings. The third-order valence-corrected chi connectivity index (χ3v) is 25.9. The molecule has 2 aromatic carbocycles. The normalized spacial score (nSPS) is 20.8. The Hall–Kier alpha value is -9.32. The molecule has 3 aliphatic heterocycles. The summed E-state index contributed by atoms with van der Waals surface area (Å²) in [6.45, 7) is 8.74. The lowest BCUT2D eigenvalue weighted by Crippen LogP contribution is -2.56. The molecule has 3 saturated heterocycles. The van der Waals surface area contributed by atoms with E-state index in [4.69, 9.17) is 30.4 Å². The van der Waals surface area contributed by atoms with Crippen LogP contribution in [0.2, 0.25) is 0 Å². The van der Waals surface area contributed by atoms with Crippen molar-refractivity contribution in [2.24, 2.45) is 10.9 Å². The summed E-state index contributed by atoms with van der Waals surface area (Å²) in [6.07, 6.45) is 5.55. The number of hydrogen-bond donors (Lipinski definition) is 14. The van der Waals surface area contributed by atoms with Gasteiger partial charge in [-0.25, -0.2) is 23.3 Å². The van der Waals surface area contributed by atoms with Crippen LogP contribution in [0.1, 0.15) is 192 Å². The molecule has 8 rings (SSSR count). The number of thioether (sulfide) groups is 1. The smallest absolute Gasteiger partial charge is 0.481 e. The zero-order valence-electron chi connectivity index (χ0n) is 67.8. The number of likely N-dealkylation sites (tertiary alicyclic amines) is 2. The van der Waals surface area contributed by atoms with Gasteiger partial charge in [0, 0.05) is 94.8 Å². The van der Waals surface area contributed by atoms with E-state index in [1.807, 2.05) is 36.5 Å². The Labute approximate surface area is 702 Å². The number of aliphatic hydroxyl groups excluding tert-OH is 1. The van der Waals surface area contributed by atoms with Crippen molar-refractivity contribution in [2.45, 2.75) is 211 Å². The number of nitrogens with two attached hydrogens (primary N) is 1.